The summed E-state index contributed by atoms with van der Waals surface area (Å²) in [5, 5.41) is 38.7. The summed E-state index contributed by atoms with van der Waals surface area (Å²) in [5.41, 5.74) is 1.32. The molecule has 2 rings (SSSR count). The minimum Gasteiger partial charge on any atom is -0.516 e. The fourth-order valence-corrected chi connectivity index (χ4v) is 2.58. The van der Waals surface area contributed by atoms with Crippen LogP contribution in [0.15, 0.2) is 48.7 Å². The Morgan fingerprint density at radius 2 is 1.74 bits per heavy atom. The third-order valence-electron chi connectivity index (χ3n) is 4.04. The van der Waals surface area contributed by atoms with Crippen LogP contribution in [0.25, 0.3) is 0 Å². The molecule has 0 spiro atoms. The highest BCUT2D eigenvalue weighted by Crippen LogP contribution is 2.34. The molecule has 0 amide bonds. The van der Waals surface area contributed by atoms with Crippen LogP contribution in [0.5, 0.6) is 23.0 Å². The first-order valence-electron chi connectivity index (χ1n) is 8.32. The Balaban J connectivity index is 2.22. The van der Waals surface area contributed by atoms with E-state index in [4.69, 9.17) is 19.3 Å². The van der Waals surface area contributed by atoms with E-state index < -0.39 is 18.8 Å². The number of methoxy groups -OCH3 is 2. The summed E-state index contributed by atoms with van der Waals surface area (Å²) in [5.74, 6) is 0.956. The van der Waals surface area contributed by atoms with Crippen molar-refractivity contribution in [3.05, 3.63) is 59.9 Å². The van der Waals surface area contributed by atoms with Crippen molar-refractivity contribution in [2.45, 2.75) is 18.6 Å². The first-order chi connectivity index (χ1) is 13.0. The molecule has 0 aromatic heterocycles. The van der Waals surface area contributed by atoms with E-state index in [9.17, 15) is 15.3 Å². The molecule has 0 bridgehead atoms. The molecule has 2 atom stereocenters. The van der Waals surface area contributed by atoms with Crippen molar-refractivity contribution in [1.29, 1.82) is 0 Å². The summed E-state index contributed by atoms with van der Waals surface area (Å²) in [6.07, 6.45) is 0.962. The monoisotopic (exact) mass is 376 g/mol. The zero-order chi connectivity index (χ0) is 19.8. The third-order valence-corrected chi connectivity index (χ3v) is 4.04. The molecule has 4 N–H and O–H groups in total. The lowest BCUT2D eigenvalue weighted by Gasteiger charge is -2.24. The van der Waals surface area contributed by atoms with Crippen molar-refractivity contribution < 1.29 is 34.6 Å². The standard InChI is InChI=1S/C20H24O7/c1-25-17-11-14(6-7-15(17)23)20(24)19(12-22)27-16-8-5-13(4-3-9-21)10-18(16)26-2/h3,5-11,19-24H,4,12H2,1-2H3/b9-3+/t19-,20+/m0/s1. The molecule has 27 heavy (non-hydrogen) atoms. The van der Waals surface area contributed by atoms with Crippen molar-refractivity contribution >= 4 is 0 Å². The molecule has 0 unspecified atom stereocenters. The number of aliphatic hydroxyl groups is 3. The number of ether oxygens (including phenoxy) is 3. The van der Waals surface area contributed by atoms with Gasteiger partial charge in [0.2, 0.25) is 0 Å². The van der Waals surface area contributed by atoms with Gasteiger partial charge in [0, 0.05) is 0 Å². The summed E-state index contributed by atoms with van der Waals surface area (Å²) in [6.45, 7) is -0.442. The largest absolute Gasteiger partial charge is 0.516 e. The van der Waals surface area contributed by atoms with Gasteiger partial charge in [-0.1, -0.05) is 12.1 Å². The molecule has 0 saturated heterocycles. The van der Waals surface area contributed by atoms with E-state index in [-0.39, 0.29) is 11.5 Å². The Hall–Kier alpha value is -2.90. The van der Waals surface area contributed by atoms with Gasteiger partial charge in [-0.3, -0.25) is 0 Å². The Kier molecular flexibility index (Phi) is 7.34. The molecule has 2 aromatic carbocycles. The minimum absolute atomic E-state index is 0.0518. The number of aliphatic hydroxyl groups excluding tert-OH is 3. The van der Waals surface area contributed by atoms with Gasteiger partial charge in [0.15, 0.2) is 29.1 Å². The predicted octanol–water partition coefficient (Wildman–Crippen LogP) is 2.50. The molecule has 0 saturated carbocycles. The van der Waals surface area contributed by atoms with Crippen molar-refractivity contribution in [3.8, 4) is 23.0 Å². The fraction of sp³-hybridized carbons (Fsp3) is 0.300. The molecule has 0 aliphatic heterocycles. The number of rotatable bonds is 9. The maximum Gasteiger partial charge on any atom is 0.161 e. The van der Waals surface area contributed by atoms with Gasteiger partial charge >= 0.3 is 0 Å². The van der Waals surface area contributed by atoms with Gasteiger partial charge in [0.05, 0.1) is 27.1 Å². The van der Waals surface area contributed by atoms with E-state index >= 15 is 0 Å². The summed E-state index contributed by atoms with van der Waals surface area (Å²) in [7, 11) is 2.90. The molecular formula is C20H24O7. The average molecular weight is 376 g/mol. The zero-order valence-electron chi connectivity index (χ0n) is 15.2. The highest BCUT2D eigenvalue weighted by Gasteiger charge is 2.24. The van der Waals surface area contributed by atoms with Crippen molar-refractivity contribution in [2.75, 3.05) is 20.8 Å². The van der Waals surface area contributed by atoms with Gasteiger partial charge in [-0.2, -0.15) is 0 Å². The maximum atomic E-state index is 10.6. The average Bonchev–Trinajstić information content (AvgIpc) is 2.70. The quantitative estimate of drug-likeness (QED) is 0.498. The number of phenols is 1. The smallest absolute Gasteiger partial charge is 0.161 e. The third kappa shape index (κ3) is 5.06. The highest BCUT2D eigenvalue weighted by molar-refractivity contribution is 5.45. The highest BCUT2D eigenvalue weighted by atomic mass is 16.5. The van der Waals surface area contributed by atoms with Crippen molar-refractivity contribution in [1.82, 2.24) is 0 Å². The molecule has 0 radical (unpaired) electrons. The summed E-state index contributed by atoms with van der Waals surface area (Å²) in [6, 6.07) is 9.62. The topological polar surface area (TPSA) is 109 Å². The summed E-state index contributed by atoms with van der Waals surface area (Å²) < 4.78 is 16.1. The fourth-order valence-electron chi connectivity index (χ4n) is 2.58. The predicted molar refractivity (Wildman–Crippen MR) is 99.6 cm³/mol. The van der Waals surface area contributed by atoms with Crippen LogP contribution in [-0.4, -0.2) is 47.4 Å². The van der Waals surface area contributed by atoms with Gasteiger partial charge in [-0.25, -0.2) is 0 Å². The van der Waals surface area contributed by atoms with Crippen molar-refractivity contribution in [3.63, 3.8) is 0 Å². The van der Waals surface area contributed by atoms with E-state index in [1.807, 2.05) is 0 Å². The van der Waals surface area contributed by atoms with E-state index in [2.05, 4.69) is 0 Å². The zero-order valence-corrected chi connectivity index (χ0v) is 15.2. The summed E-state index contributed by atoms with van der Waals surface area (Å²) in [4.78, 5) is 0. The van der Waals surface area contributed by atoms with E-state index in [0.717, 1.165) is 11.8 Å². The molecule has 0 heterocycles. The first-order valence-corrected chi connectivity index (χ1v) is 8.32. The molecule has 0 aliphatic carbocycles. The van der Waals surface area contributed by atoms with Crippen LogP contribution in [0, 0.1) is 0 Å². The number of hydrogen-bond donors (Lipinski definition) is 4. The Labute approximate surface area is 157 Å². The number of phenolic OH excluding ortho intramolecular Hbond substituents is 1. The van der Waals surface area contributed by atoms with Crippen LogP contribution in [0.2, 0.25) is 0 Å². The number of aromatic hydroxyl groups is 1. The SMILES string of the molecule is COc1cc([C@@H](O)[C@H](CO)Oc2ccc(C/C=C/O)cc2OC)ccc1O. The van der Waals surface area contributed by atoms with Gasteiger partial charge in [0.25, 0.3) is 0 Å². The number of benzene rings is 2. The van der Waals surface area contributed by atoms with E-state index in [0.29, 0.717) is 23.5 Å². The minimum atomic E-state index is -1.16. The lowest BCUT2D eigenvalue weighted by Crippen LogP contribution is -2.29. The number of hydrogen-bond acceptors (Lipinski definition) is 7. The summed E-state index contributed by atoms with van der Waals surface area (Å²) >= 11 is 0. The Morgan fingerprint density at radius 3 is 2.37 bits per heavy atom. The van der Waals surface area contributed by atoms with Crippen LogP contribution in [0.4, 0.5) is 0 Å². The van der Waals surface area contributed by atoms with Crippen molar-refractivity contribution in [2.24, 2.45) is 0 Å². The van der Waals surface area contributed by atoms with Crippen LogP contribution in [0.1, 0.15) is 17.2 Å². The molecule has 7 heteroatoms. The van der Waals surface area contributed by atoms with Crippen LogP contribution in [-0.2, 0) is 6.42 Å². The molecule has 146 valence electrons. The lowest BCUT2D eigenvalue weighted by atomic mass is 10.0. The Morgan fingerprint density at radius 1 is 1.00 bits per heavy atom. The molecule has 2 aromatic rings. The number of allylic oxidation sites excluding steroid dienone is 1. The van der Waals surface area contributed by atoms with Gasteiger partial charge < -0.3 is 34.6 Å². The molecule has 0 aliphatic rings. The van der Waals surface area contributed by atoms with E-state index in [1.165, 1.54) is 32.4 Å². The first kappa shape index (κ1) is 20.4. The van der Waals surface area contributed by atoms with Crippen LogP contribution < -0.4 is 14.2 Å². The molecule has 0 fully saturated rings. The normalized spacial score (nSPS) is 13.3. The van der Waals surface area contributed by atoms with Crippen LogP contribution in [0.3, 0.4) is 0 Å². The lowest BCUT2D eigenvalue weighted by molar-refractivity contribution is -0.000522. The second-order valence-corrected chi connectivity index (χ2v) is 5.79. The Bertz CT molecular complexity index is 773. The van der Waals surface area contributed by atoms with E-state index in [1.54, 1.807) is 24.3 Å². The maximum absolute atomic E-state index is 10.6. The van der Waals surface area contributed by atoms with Gasteiger partial charge in [-0.15, -0.1) is 0 Å². The van der Waals surface area contributed by atoms with Gasteiger partial charge in [0.1, 0.15) is 6.10 Å². The molecular weight excluding hydrogens is 352 g/mol. The second kappa shape index (κ2) is 9.70. The second-order valence-electron chi connectivity index (χ2n) is 5.79. The van der Waals surface area contributed by atoms with Crippen LogP contribution >= 0.6 is 0 Å². The van der Waals surface area contributed by atoms with Gasteiger partial charge in [-0.05, 0) is 47.9 Å². The molecule has 7 nitrogen and oxygen atoms in total.